The van der Waals surface area contributed by atoms with E-state index in [1.165, 1.54) is 24.3 Å². The number of aromatic amines is 1. The second-order valence-corrected chi connectivity index (χ2v) is 6.36. The maximum Gasteiger partial charge on any atom is 0.338 e. The number of rotatable bonds is 7. The van der Waals surface area contributed by atoms with Gasteiger partial charge in [-0.1, -0.05) is 18.2 Å². The van der Waals surface area contributed by atoms with E-state index in [4.69, 9.17) is 15.2 Å². The van der Waals surface area contributed by atoms with Gasteiger partial charge in [0.25, 0.3) is 5.91 Å². The van der Waals surface area contributed by atoms with Gasteiger partial charge in [0.05, 0.1) is 5.56 Å². The number of carbonyl (C=O) groups excluding carboxylic acids is 3. The summed E-state index contributed by atoms with van der Waals surface area (Å²) < 4.78 is 10.5. The number of H-pyrrole nitrogens is 1. The first-order valence-electron chi connectivity index (χ1n) is 8.70. The predicted octanol–water partition coefficient (Wildman–Crippen LogP) is 2.77. The molecule has 2 aromatic carbocycles. The van der Waals surface area contributed by atoms with Crippen molar-refractivity contribution in [3.05, 3.63) is 65.4 Å². The van der Waals surface area contributed by atoms with Crippen molar-refractivity contribution in [1.82, 2.24) is 4.98 Å². The number of carbonyl (C=O) groups is 3. The van der Waals surface area contributed by atoms with E-state index >= 15 is 0 Å². The van der Waals surface area contributed by atoms with Crippen LogP contribution in [0.25, 0.3) is 10.9 Å². The van der Waals surface area contributed by atoms with Gasteiger partial charge in [-0.05, 0) is 44.2 Å². The number of amides is 1. The molecule has 0 saturated carbocycles. The number of primary amides is 1. The van der Waals surface area contributed by atoms with Crippen LogP contribution in [0.2, 0.25) is 0 Å². The zero-order valence-electron chi connectivity index (χ0n) is 15.5. The fourth-order valence-electron chi connectivity index (χ4n) is 2.92. The van der Waals surface area contributed by atoms with E-state index < -0.39 is 18.0 Å². The lowest BCUT2D eigenvalue weighted by Gasteiger charge is -2.13. The van der Waals surface area contributed by atoms with E-state index in [2.05, 4.69) is 4.98 Å². The van der Waals surface area contributed by atoms with Gasteiger partial charge >= 0.3 is 5.97 Å². The number of aromatic nitrogens is 1. The quantitative estimate of drug-likeness (QED) is 0.484. The van der Waals surface area contributed by atoms with Crippen LogP contribution in [0.4, 0.5) is 0 Å². The van der Waals surface area contributed by atoms with Crippen LogP contribution in [0, 0.1) is 6.92 Å². The van der Waals surface area contributed by atoms with Crippen LogP contribution in [0.3, 0.4) is 0 Å². The Balaban J connectivity index is 1.70. The Morgan fingerprint density at radius 1 is 1.07 bits per heavy atom. The Bertz CT molecular complexity index is 1040. The van der Waals surface area contributed by atoms with Crippen molar-refractivity contribution in [2.75, 3.05) is 6.61 Å². The number of ketones is 1. The van der Waals surface area contributed by atoms with Crippen LogP contribution in [-0.2, 0) is 9.53 Å². The molecule has 0 aliphatic carbocycles. The highest BCUT2D eigenvalue weighted by Crippen LogP contribution is 2.24. The van der Waals surface area contributed by atoms with Crippen molar-refractivity contribution in [3.8, 4) is 5.75 Å². The summed E-state index contributed by atoms with van der Waals surface area (Å²) in [6.07, 6.45) is -0.948. The number of fused-ring (bicyclic) bond motifs is 1. The molecule has 0 bridgehead atoms. The van der Waals surface area contributed by atoms with Crippen LogP contribution >= 0.6 is 0 Å². The lowest BCUT2D eigenvalue weighted by molar-refractivity contribution is -0.119. The molecule has 28 heavy (non-hydrogen) atoms. The molecule has 3 rings (SSSR count). The van der Waals surface area contributed by atoms with Gasteiger partial charge in [0.2, 0.25) is 5.78 Å². The summed E-state index contributed by atoms with van der Waals surface area (Å²) in [7, 11) is 0. The van der Waals surface area contributed by atoms with Crippen LogP contribution in [0.1, 0.15) is 33.3 Å². The molecule has 1 heterocycles. The second kappa shape index (κ2) is 7.96. The minimum Gasteiger partial charge on any atom is -0.484 e. The van der Waals surface area contributed by atoms with E-state index in [-0.39, 0.29) is 18.0 Å². The average molecular weight is 380 g/mol. The van der Waals surface area contributed by atoms with Crippen molar-refractivity contribution in [3.63, 3.8) is 0 Å². The van der Waals surface area contributed by atoms with Gasteiger partial charge in [0.1, 0.15) is 5.75 Å². The number of nitrogens with two attached hydrogens (primary N) is 1. The fraction of sp³-hybridized carbons (Fsp3) is 0.190. The molecule has 0 aliphatic rings. The summed E-state index contributed by atoms with van der Waals surface area (Å²) in [5.41, 5.74) is 7.38. The third kappa shape index (κ3) is 4.03. The Morgan fingerprint density at radius 2 is 1.75 bits per heavy atom. The number of hydrogen-bond acceptors (Lipinski definition) is 5. The van der Waals surface area contributed by atoms with E-state index in [0.29, 0.717) is 11.3 Å². The molecule has 144 valence electrons. The lowest BCUT2D eigenvalue weighted by Crippen LogP contribution is -2.25. The van der Waals surface area contributed by atoms with Gasteiger partial charge < -0.3 is 20.2 Å². The molecule has 1 atom stereocenters. The zero-order chi connectivity index (χ0) is 20.3. The number of para-hydroxylation sites is 1. The van der Waals surface area contributed by atoms with Crippen LogP contribution in [0.5, 0.6) is 5.75 Å². The number of ether oxygens (including phenoxy) is 2. The average Bonchev–Trinajstić information content (AvgIpc) is 3.01. The highest BCUT2D eigenvalue weighted by atomic mass is 16.5. The lowest BCUT2D eigenvalue weighted by atomic mass is 10.0. The number of nitrogens with one attached hydrogen (secondary N) is 1. The van der Waals surface area contributed by atoms with Crippen LogP contribution in [0.15, 0.2) is 48.5 Å². The monoisotopic (exact) mass is 380 g/mol. The molecule has 0 aliphatic heterocycles. The Kier molecular flexibility index (Phi) is 5.44. The first-order chi connectivity index (χ1) is 13.4. The zero-order valence-corrected chi connectivity index (χ0v) is 15.5. The smallest absolute Gasteiger partial charge is 0.338 e. The summed E-state index contributed by atoms with van der Waals surface area (Å²) in [5, 5.41) is 0.795. The maximum absolute atomic E-state index is 12.8. The summed E-state index contributed by atoms with van der Waals surface area (Å²) in [6, 6.07) is 13.5. The van der Waals surface area contributed by atoms with Crippen molar-refractivity contribution in [1.29, 1.82) is 0 Å². The minimum atomic E-state index is -0.948. The molecule has 1 aromatic heterocycles. The number of benzene rings is 2. The Labute approximate surface area is 161 Å². The first-order valence-corrected chi connectivity index (χ1v) is 8.70. The molecule has 0 fully saturated rings. The molecular weight excluding hydrogens is 360 g/mol. The van der Waals surface area contributed by atoms with E-state index in [1.807, 2.05) is 31.2 Å². The molecule has 0 unspecified atom stereocenters. The fourth-order valence-corrected chi connectivity index (χ4v) is 2.92. The Morgan fingerprint density at radius 3 is 2.43 bits per heavy atom. The first kappa shape index (κ1) is 19.2. The van der Waals surface area contributed by atoms with E-state index in [9.17, 15) is 14.4 Å². The number of aryl methyl sites for hydroxylation is 1. The van der Waals surface area contributed by atoms with Crippen molar-refractivity contribution >= 4 is 28.6 Å². The summed E-state index contributed by atoms with van der Waals surface area (Å²) >= 11 is 0. The summed E-state index contributed by atoms with van der Waals surface area (Å²) in [4.78, 5) is 39.1. The van der Waals surface area contributed by atoms with Gasteiger partial charge in [0.15, 0.2) is 12.7 Å². The summed E-state index contributed by atoms with van der Waals surface area (Å²) in [6.45, 7) is 3.11. The molecule has 0 saturated heterocycles. The summed E-state index contributed by atoms with van der Waals surface area (Å²) in [5.74, 6) is -1.10. The van der Waals surface area contributed by atoms with E-state index in [1.54, 1.807) is 6.92 Å². The molecule has 0 spiro atoms. The standard InChI is InChI=1S/C21H20N2O5/c1-12-19(16-5-3-4-6-17(16)23-12)20(25)13(2)28-21(26)14-7-9-15(10-8-14)27-11-18(22)24/h3-10,13,23H,11H2,1-2H3,(H2,22,24)/t13-/m0/s1. The predicted molar refractivity (Wildman–Crippen MR) is 103 cm³/mol. The molecular formula is C21H20N2O5. The third-order valence-electron chi connectivity index (χ3n) is 4.26. The van der Waals surface area contributed by atoms with Crippen molar-refractivity contribution in [2.24, 2.45) is 5.73 Å². The Hall–Kier alpha value is -3.61. The normalized spacial score (nSPS) is 11.8. The van der Waals surface area contributed by atoms with E-state index in [0.717, 1.165) is 16.6 Å². The minimum absolute atomic E-state index is 0.251. The van der Waals surface area contributed by atoms with Gasteiger partial charge in [0, 0.05) is 22.2 Å². The molecule has 0 radical (unpaired) electrons. The van der Waals surface area contributed by atoms with Gasteiger partial charge in [-0.15, -0.1) is 0 Å². The SMILES string of the molecule is Cc1[nH]c2ccccc2c1C(=O)[C@H](C)OC(=O)c1ccc(OCC(N)=O)cc1. The number of hydrogen-bond donors (Lipinski definition) is 2. The van der Waals surface area contributed by atoms with Gasteiger partial charge in [-0.25, -0.2) is 4.79 Å². The van der Waals surface area contributed by atoms with Gasteiger partial charge in [-0.3, -0.25) is 9.59 Å². The van der Waals surface area contributed by atoms with Crippen LogP contribution in [-0.4, -0.2) is 35.4 Å². The number of Topliss-reactive ketones (excluding diaryl/α,β-unsaturated/α-hetero) is 1. The topological polar surface area (TPSA) is 111 Å². The van der Waals surface area contributed by atoms with Crippen molar-refractivity contribution < 1.29 is 23.9 Å². The molecule has 3 N–H and O–H groups in total. The maximum atomic E-state index is 12.8. The second-order valence-electron chi connectivity index (χ2n) is 6.36. The highest BCUT2D eigenvalue weighted by Gasteiger charge is 2.24. The third-order valence-corrected chi connectivity index (χ3v) is 4.26. The largest absolute Gasteiger partial charge is 0.484 e. The van der Waals surface area contributed by atoms with Gasteiger partial charge in [-0.2, -0.15) is 0 Å². The molecule has 7 heteroatoms. The molecule has 7 nitrogen and oxygen atoms in total. The van der Waals surface area contributed by atoms with Crippen molar-refractivity contribution in [2.45, 2.75) is 20.0 Å². The molecule has 3 aromatic rings. The van der Waals surface area contributed by atoms with Crippen LogP contribution < -0.4 is 10.5 Å². The highest BCUT2D eigenvalue weighted by molar-refractivity contribution is 6.11. The molecule has 1 amide bonds. The number of esters is 1.